The minimum absolute atomic E-state index is 0.0620. The third-order valence-electron chi connectivity index (χ3n) is 3.83. The van der Waals surface area contributed by atoms with Gasteiger partial charge in [-0.15, -0.1) is 0 Å². The monoisotopic (exact) mass is 295 g/mol. The molecule has 1 aliphatic rings. The highest BCUT2D eigenvalue weighted by atomic mass is 19.4. The van der Waals surface area contributed by atoms with Gasteiger partial charge >= 0.3 is 12.1 Å². The number of hydrogen-bond donors (Lipinski definition) is 1. The second-order valence-electron chi connectivity index (χ2n) is 5.27. The summed E-state index contributed by atoms with van der Waals surface area (Å²) in [4.78, 5) is 23.7. The normalized spacial score (nSPS) is 23.4. The molecule has 1 saturated carbocycles. The molecule has 0 atom stereocenters. The van der Waals surface area contributed by atoms with Crippen molar-refractivity contribution in [3.05, 3.63) is 0 Å². The molecule has 4 nitrogen and oxygen atoms in total. The van der Waals surface area contributed by atoms with Gasteiger partial charge in [0.2, 0.25) is 5.91 Å². The van der Waals surface area contributed by atoms with Crippen LogP contribution >= 0.6 is 0 Å². The summed E-state index contributed by atoms with van der Waals surface area (Å²) < 4.78 is 37.6. The molecule has 1 rings (SSSR count). The third kappa shape index (κ3) is 5.02. The van der Waals surface area contributed by atoms with Gasteiger partial charge in [-0.05, 0) is 38.5 Å². The van der Waals surface area contributed by atoms with E-state index in [-0.39, 0.29) is 37.6 Å². The van der Waals surface area contributed by atoms with Crippen LogP contribution in [0.15, 0.2) is 0 Å². The highest BCUT2D eigenvalue weighted by Gasteiger charge is 2.41. The Kier molecular flexibility index (Phi) is 5.83. The summed E-state index contributed by atoms with van der Waals surface area (Å²) in [5.74, 6) is -2.69. The van der Waals surface area contributed by atoms with E-state index >= 15 is 0 Å². The fourth-order valence-corrected chi connectivity index (χ4v) is 2.61. The zero-order chi connectivity index (χ0) is 15.3. The number of hydrogen-bond acceptors (Lipinski definition) is 2. The topological polar surface area (TPSA) is 57.6 Å². The van der Waals surface area contributed by atoms with Gasteiger partial charge < -0.3 is 10.0 Å². The van der Waals surface area contributed by atoms with Crippen LogP contribution in [0.4, 0.5) is 13.2 Å². The molecule has 0 spiro atoms. The molecule has 1 aliphatic carbocycles. The first-order valence-electron chi connectivity index (χ1n) is 6.80. The molecule has 0 saturated heterocycles. The molecule has 1 amide bonds. The molecule has 0 aromatic carbocycles. The first-order chi connectivity index (χ1) is 9.24. The maximum absolute atomic E-state index is 12.5. The number of carbonyl (C=O) groups is 2. The summed E-state index contributed by atoms with van der Waals surface area (Å²) in [7, 11) is 0. The van der Waals surface area contributed by atoms with Crippen molar-refractivity contribution in [3.63, 3.8) is 0 Å². The Labute approximate surface area is 115 Å². The highest BCUT2D eigenvalue weighted by molar-refractivity contribution is 5.81. The Hall–Kier alpha value is -1.27. The van der Waals surface area contributed by atoms with E-state index in [1.165, 1.54) is 4.90 Å². The van der Waals surface area contributed by atoms with Crippen LogP contribution in [0.5, 0.6) is 0 Å². The first kappa shape index (κ1) is 16.8. The fraction of sp³-hybridized carbons (Fsp3) is 0.846. The van der Waals surface area contributed by atoms with Gasteiger partial charge in [0.25, 0.3) is 0 Å². The van der Waals surface area contributed by atoms with Crippen molar-refractivity contribution < 1.29 is 27.9 Å². The van der Waals surface area contributed by atoms with Gasteiger partial charge in [0, 0.05) is 13.0 Å². The van der Waals surface area contributed by atoms with Crippen molar-refractivity contribution in [2.75, 3.05) is 13.1 Å². The Bertz CT molecular complexity index is 349. The van der Waals surface area contributed by atoms with E-state index in [4.69, 9.17) is 5.11 Å². The molecule has 0 bridgehead atoms. The van der Waals surface area contributed by atoms with Crippen molar-refractivity contribution >= 4 is 11.9 Å². The molecule has 0 radical (unpaired) electrons. The summed E-state index contributed by atoms with van der Waals surface area (Å²) >= 11 is 0. The lowest BCUT2D eigenvalue weighted by Crippen LogP contribution is -2.37. The van der Waals surface area contributed by atoms with Crippen molar-refractivity contribution in [2.45, 2.75) is 45.2 Å². The van der Waals surface area contributed by atoms with Crippen LogP contribution in [-0.4, -0.2) is 41.1 Å². The number of rotatable bonds is 5. The van der Waals surface area contributed by atoms with Gasteiger partial charge in [-0.25, -0.2) is 0 Å². The Morgan fingerprint density at radius 2 is 1.75 bits per heavy atom. The molecular weight excluding hydrogens is 275 g/mol. The smallest absolute Gasteiger partial charge is 0.391 e. The summed E-state index contributed by atoms with van der Waals surface area (Å²) in [5, 5.41) is 8.68. The second kappa shape index (κ2) is 6.95. The van der Waals surface area contributed by atoms with Crippen LogP contribution in [0.1, 0.15) is 39.0 Å². The Balaban J connectivity index is 2.43. The molecule has 20 heavy (non-hydrogen) atoms. The summed E-state index contributed by atoms with van der Waals surface area (Å²) in [6, 6.07) is 0. The van der Waals surface area contributed by atoms with Crippen molar-refractivity contribution in [3.8, 4) is 0 Å². The number of nitrogens with zero attached hydrogens (tertiary/aromatic N) is 1. The number of halogens is 3. The molecule has 0 aromatic heterocycles. The lowest BCUT2D eigenvalue weighted by molar-refractivity contribution is -0.184. The number of likely N-dealkylation sites (N-methyl/N-ethyl adjacent to an activating group) is 1. The first-order valence-corrected chi connectivity index (χ1v) is 6.80. The SMILES string of the molecule is CCN(CC(=O)O)C(=O)CC1CCC(C(F)(F)F)CC1. The Morgan fingerprint density at radius 1 is 1.20 bits per heavy atom. The number of aliphatic carboxylic acids is 1. The van der Waals surface area contributed by atoms with E-state index in [2.05, 4.69) is 0 Å². The predicted octanol–water partition coefficient (Wildman–Crippen LogP) is 2.68. The molecule has 0 unspecified atom stereocenters. The predicted molar refractivity (Wildman–Crippen MR) is 66.0 cm³/mol. The molecule has 0 aliphatic heterocycles. The van der Waals surface area contributed by atoms with Crippen LogP contribution < -0.4 is 0 Å². The number of alkyl halides is 3. The molecule has 1 N–H and O–H groups in total. The van der Waals surface area contributed by atoms with Gasteiger partial charge in [0.15, 0.2) is 0 Å². The quantitative estimate of drug-likeness (QED) is 0.848. The van der Waals surface area contributed by atoms with Gasteiger partial charge in [0.1, 0.15) is 6.54 Å². The third-order valence-corrected chi connectivity index (χ3v) is 3.83. The van der Waals surface area contributed by atoms with Gasteiger partial charge in [-0.2, -0.15) is 13.2 Å². The van der Waals surface area contributed by atoms with Gasteiger partial charge in [-0.1, -0.05) is 0 Å². The number of amides is 1. The summed E-state index contributed by atoms with van der Waals surface area (Å²) in [6.07, 6.45) is -3.13. The van der Waals surface area contributed by atoms with Crippen LogP contribution in [-0.2, 0) is 9.59 Å². The van der Waals surface area contributed by atoms with Crippen LogP contribution in [0.25, 0.3) is 0 Å². The lowest BCUT2D eigenvalue weighted by Gasteiger charge is -2.30. The summed E-state index contributed by atoms with van der Waals surface area (Å²) in [6.45, 7) is 1.62. The zero-order valence-electron chi connectivity index (χ0n) is 11.4. The van der Waals surface area contributed by atoms with Crippen LogP contribution in [0, 0.1) is 11.8 Å². The number of carboxylic acid groups (broad SMARTS) is 1. The molecule has 1 fully saturated rings. The van der Waals surface area contributed by atoms with Crippen LogP contribution in [0.3, 0.4) is 0 Å². The summed E-state index contributed by atoms with van der Waals surface area (Å²) in [5.41, 5.74) is 0. The van der Waals surface area contributed by atoms with E-state index in [1.807, 2.05) is 0 Å². The van der Waals surface area contributed by atoms with Gasteiger partial charge in [0.05, 0.1) is 5.92 Å². The maximum atomic E-state index is 12.5. The van der Waals surface area contributed by atoms with Crippen molar-refractivity contribution in [1.82, 2.24) is 4.90 Å². The van der Waals surface area contributed by atoms with E-state index in [1.54, 1.807) is 6.92 Å². The second-order valence-corrected chi connectivity index (χ2v) is 5.27. The van der Waals surface area contributed by atoms with Crippen molar-refractivity contribution in [1.29, 1.82) is 0 Å². The molecule has 7 heteroatoms. The largest absolute Gasteiger partial charge is 0.480 e. The average molecular weight is 295 g/mol. The van der Waals surface area contributed by atoms with E-state index < -0.39 is 18.1 Å². The molecule has 0 aromatic rings. The Morgan fingerprint density at radius 3 is 2.15 bits per heavy atom. The number of carbonyl (C=O) groups excluding carboxylic acids is 1. The lowest BCUT2D eigenvalue weighted by atomic mass is 9.80. The van der Waals surface area contributed by atoms with E-state index in [0.717, 1.165) is 0 Å². The van der Waals surface area contributed by atoms with Gasteiger partial charge in [-0.3, -0.25) is 9.59 Å². The highest BCUT2D eigenvalue weighted by Crippen LogP contribution is 2.40. The zero-order valence-corrected chi connectivity index (χ0v) is 11.4. The van der Waals surface area contributed by atoms with Crippen LogP contribution in [0.2, 0.25) is 0 Å². The molecule has 0 heterocycles. The minimum Gasteiger partial charge on any atom is -0.480 e. The number of carboxylic acids is 1. The maximum Gasteiger partial charge on any atom is 0.391 e. The molecule has 116 valence electrons. The van der Waals surface area contributed by atoms with E-state index in [0.29, 0.717) is 19.4 Å². The average Bonchev–Trinajstić information content (AvgIpc) is 2.35. The minimum atomic E-state index is -4.15. The fourth-order valence-electron chi connectivity index (χ4n) is 2.61. The van der Waals surface area contributed by atoms with Crippen molar-refractivity contribution in [2.24, 2.45) is 11.8 Å². The standard InChI is InChI=1S/C13H20F3NO3/c1-2-17(8-12(19)20)11(18)7-9-3-5-10(6-4-9)13(14,15)16/h9-10H,2-8H2,1H3,(H,19,20). The van der Waals surface area contributed by atoms with E-state index in [9.17, 15) is 22.8 Å². The molecular formula is C13H20F3NO3.